The van der Waals surface area contributed by atoms with Crippen LogP contribution in [-0.4, -0.2) is 32.3 Å². The van der Waals surface area contributed by atoms with Crippen molar-refractivity contribution in [2.45, 2.75) is 26.4 Å². The van der Waals surface area contributed by atoms with Crippen LogP contribution < -0.4 is 5.32 Å². The molecule has 0 fully saturated rings. The summed E-state index contributed by atoms with van der Waals surface area (Å²) in [5.41, 5.74) is 4.04. The molecule has 0 spiro atoms. The van der Waals surface area contributed by atoms with Gasteiger partial charge in [-0.3, -0.25) is 9.78 Å². The van der Waals surface area contributed by atoms with Crippen LogP contribution in [0.15, 0.2) is 49.1 Å². The van der Waals surface area contributed by atoms with Crippen LogP contribution in [0.4, 0.5) is 10.2 Å². The molecule has 6 nitrogen and oxygen atoms in total. The smallest absolute Gasteiger partial charge is 0.255 e. The normalized spacial score (nSPS) is 13.1. The van der Waals surface area contributed by atoms with Crippen LogP contribution >= 0.6 is 0 Å². The van der Waals surface area contributed by atoms with E-state index in [4.69, 9.17) is 0 Å². The fraction of sp³-hybridized carbons (Fsp3) is 0.238. The molecule has 0 radical (unpaired) electrons. The van der Waals surface area contributed by atoms with Crippen LogP contribution in [0.5, 0.6) is 0 Å². The van der Waals surface area contributed by atoms with Gasteiger partial charge in [-0.1, -0.05) is 12.1 Å². The van der Waals surface area contributed by atoms with Gasteiger partial charge in [-0.25, -0.2) is 14.4 Å². The van der Waals surface area contributed by atoms with Gasteiger partial charge in [-0.2, -0.15) is 0 Å². The lowest BCUT2D eigenvalue weighted by Crippen LogP contribution is -2.37. The topological polar surface area (TPSA) is 71.0 Å². The first-order valence-electron chi connectivity index (χ1n) is 9.13. The lowest BCUT2D eigenvalue weighted by Gasteiger charge is -2.29. The summed E-state index contributed by atoms with van der Waals surface area (Å²) in [6.45, 7) is 3.33. The van der Waals surface area contributed by atoms with Gasteiger partial charge < -0.3 is 10.2 Å². The van der Waals surface area contributed by atoms with E-state index in [0.717, 1.165) is 22.6 Å². The highest BCUT2D eigenvalue weighted by Gasteiger charge is 2.25. The van der Waals surface area contributed by atoms with Gasteiger partial charge in [-0.15, -0.1) is 0 Å². The zero-order valence-corrected chi connectivity index (χ0v) is 15.5. The number of anilines is 1. The number of aryl methyl sites for hydroxylation is 1. The van der Waals surface area contributed by atoms with Crippen LogP contribution in [0.25, 0.3) is 0 Å². The van der Waals surface area contributed by atoms with Crippen LogP contribution in [0.1, 0.15) is 32.7 Å². The van der Waals surface area contributed by atoms with Gasteiger partial charge in [0.2, 0.25) is 0 Å². The minimum atomic E-state index is -0.207. The third-order valence-electron chi connectivity index (χ3n) is 4.88. The van der Waals surface area contributed by atoms with E-state index in [-0.39, 0.29) is 11.7 Å². The Bertz CT molecular complexity index is 1010. The molecule has 1 amide bonds. The Morgan fingerprint density at radius 3 is 2.96 bits per heavy atom. The minimum Gasteiger partial charge on any atom is -0.366 e. The molecule has 142 valence electrons. The molecular weight excluding hydrogens is 357 g/mol. The average Bonchev–Trinajstić information content (AvgIpc) is 2.74. The van der Waals surface area contributed by atoms with Crippen molar-refractivity contribution in [1.29, 1.82) is 0 Å². The molecule has 0 saturated carbocycles. The van der Waals surface area contributed by atoms with E-state index in [9.17, 15) is 9.18 Å². The summed E-state index contributed by atoms with van der Waals surface area (Å²) in [5.74, 6) is 0.510. The molecule has 1 aromatic carbocycles. The van der Waals surface area contributed by atoms with E-state index < -0.39 is 0 Å². The number of aromatic nitrogens is 3. The molecule has 1 aliphatic heterocycles. The number of halogens is 1. The summed E-state index contributed by atoms with van der Waals surface area (Å²) in [5, 5.41) is 3.32. The van der Waals surface area contributed by atoms with Crippen molar-refractivity contribution in [3.05, 3.63) is 82.8 Å². The monoisotopic (exact) mass is 377 g/mol. The van der Waals surface area contributed by atoms with Gasteiger partial charge in [0.25, 0.3) is 5.91 Å². The number of pyridine rings is 1. The Balaban J connectivity index is 1.48. The predicted octanol–water partition coefficient (Wildman–Crippen LogP) is 3.13. The third kappa shape index (κ3) is 3.69. The van der Waals surface area contributed by atoms with E-state index in [2.05, 4.69) is 20.3 Å². The summed E-state index contributed by atoms with van der Waals surface area (Å²) >= 11 is 0. The second-order valence-electron chi connectivity index (χ2n) is 6.80. The van der Waals surface area contributed by atoms with E-state index >= 15 is 0 Å². The lowest BCUT2D eigenvalue weighted by atomic mass is 10.0. The highest BCUT2D eigenvalue weighted by atomic mass is 19.1. The first kappa shape index (κ1) is 18.0. The number of nitrogens with zero attached hydrogens (tertiary/aromatic N) is 4. The second-order valence-corrected chi connectivity index (χ2v) is 6.80. The van der Waals surface area contributed by atoms with Gasteiger partial charge in [0, 0.05) is 31.0 Å². The second kappa shape index (κ2) is 7.72. The summed E-state index contributed by atoms with van der Waals surface area (Å²) in [6.07, 6.45) is 5.41. The zero-order chi connectivity index (χ0) is 19.5. The maximum atomic E-state index is 13.4. The molecule has 1 N–H and O–H groups in total. The molecule has 28 heavy (non-hydrogen) atoms. The summed E-state index contributed by atoms with van der Waals surface area (Å²) in [6, 6.07) is 8.58. The Morgan fingerprint density at radius 2 is 2.18 bits per heavy atom. The van der Waals surface area contributed by atoms with Crippen molar-refractivity contribution in [3.63, 3.8) is 0 Å². The summed E-state index contributed by atoms with van der Waals surface area (Å²) < 4.78 is 13.4. The Kier molecular flexibility index (Phi) is 4.97. The zero-order valence-electron chi connectivity index (χ0n) is 15.5. The molecule has 0 bridgehead atoms. The molecule has 7 heteroatoms. The maximum Gasteiger partial charge on any atom is 0.255 e. The van der Waals surface area contributed by atoms with E-state index in [1.165, 1.54) is 12.4 Å². The number of nitrogens with one attached hydrogen (secondary N) is 1. The fourth-order valence-electron chi connectivity index (χ4n) is 3.35. The van der Waals surface area contributed by atoms with Crippen molar-refractivity contribution in [1.82, 2.24) is 19.9 Å². The molecule has 4 rings (SSSR count). The van der Waals surface area contributed by atoms with Gasteiger partial charge >= 0.3 is 0 Å². The quantitative estimate of drug-likeness (QED) is 0.756. The number of benzene rings is 1. The van der Waals surface area contributed by atoms with E-state index in [1.54, 1.807) is 42.4 Å². The molecule has 3 heterocycles. The Hall–Kier alpha value is -3.35. The van der Waals surface area contributed by atoms with Crippen LogP contribution in [0, 0.1) is 12.7 Å². The third-order valence-corrected chi connectivity index (χ3v) is 4.88. The van der Waals surface area contributed by atoms with Crippen LogP contribution in [0.3, 0.4) is 0 Å². The highest BCUT2D eigenvalue weighted by molar-refractivity contribution is 5.94. The number of hydrogen-bond acceptors (Lipinski definition) is 5. The summed E-state index contributed by atoms with van der Waals surface area (Å²) in [7, 11) is 0. The average molecular weight is 377 g/mol. The van der Waals surface area contributed by atoms with Crippen molar-refractivity contribution < 1.29 is 9.18 Å². The highest BCUT2D eigenvalue weighted by Crippen LogP contribution is 2.24. The van der Waals surface area contributed by atoms with E-state index in [1.807, 2.05) is 6.07 Å². The molecule has 0 unspecified atom stereocenters. The predicted molar refractivity (Wildman–Crippen MR) is 103 cm³/mol. The Labute approximate surface area is 162 Å². The van der Waals surface area contributed by atoms with Gasteiger partial charge in [0.05, 0.1) is 17.8 Å². The molecule has 1 aliphatic rings. The molecule has 0 saturated heterocycles. The first-order valence-corrected chi connectivity index (χ1v) is 9.13. The van der Waals surface area contributed by atoms with Crippen LogP contribution in [0.2, 0.25) is 0 Å². The van der Waals surface area contributed by atoms with Crippen molar-refractivity contribution in [3.8, 4) is 0 Å². The maximum absolute atomic E-state index is 13.4. The van der Waals surface area contributed by atoms with E-state index in [0.29, 0.717) is 37.2 Å². The number of amides is 1. The summed E-state index contributed by atoms with van der Waals surface area (Å²) in [4.78, 5) is 27.2. The van der Waals surface area contributed by atoms with Gasteiger partial charge in [0.15, 0.2) is 0 Å². The van der Waals surface area contributed by atoms with Crippen LogP contribution in [-0.2, 0) is 19.5 Å². The number of rotatable bonds is 4. The van der Waals surface area contributed by atoms with Crippen molar-refractivity contribution >= 4 is 11.7 Å². The molecular formula is C21H20FN5O. The SMILES string of the molecule is Cc1cc(CNc2ncnc3c2CCN(C(=O)c2cccnc2)C3)ccc1F. The lowest BCUT2D eigenvalue weighted by molar-refractivity contribution is 0.0731. The molecule has 2 aromatic heterocycles. The van der Waals surface area contributed by atoms with Crippen molar-refractivity contribution in [2.75, 3.05) is 11.9 Å². The van der Waals surface area contributed by atoms with Gasteiger partial charge in [-0.05, 0) is 42.7 Å². The number of carbonyl (C=O) groups excluding carboxylic acids is 1. The number of fused-ring (bicyclic) bond motifs is 1. The first-order chi connectivity index (χ1) is 13.6. The standard InChI is InChI=1S/C21H20FN5O/c1-14-9-15(4-5-18(14)22)10-24-20-17-6-8-27(12-19(17)25-13-26-20)21(28)16-3-2-7-23-11-16/h2-5,7,9,11,13H,6,8,10,12H2,1H3,(H,24,25,26). The Morgan fingerprint density at radius 1 is 1.29 bits per heavy atom. The molecule has 0 aliphatic carbocycles. The molecule has 3 aromatic rings. The van der Waals surface area contributed by atoms with Gasteiger partial charge in [0.1, 0.15) is 18.0 Å². The minimum absolute atomic E-state index is 0.0475. The largest absolute Gasteiger partial charge is 0.366 e. The molecule has 0 atom stereocenters. The van der Waals surface area contributed by atoms with Crippen molar-refractivity contribution in [2.24, 2.45) is 0 Å². The number of hydrogen-bond donors (Lipinski definition) is 1. The fourth-order valence-corrected chi connectivity index (χ4v) is 3.35. The number of carbonyl (C=O) groups is 1.